The highest BCUT2D eigenvalue weighted by Gasteiger charge is 2.29. The Morgan fingerprint density at radius 1 is 1.47 bits per heavy atom. The summed E-state index contributed by atoms with van der Waals surface area (Å²) in [6.07, 6.45) is 3.93. The third-order valence-electron chi connectivity index (χ3n) is 2.66. The van der Waals surface area contributed by atoms with Crippen molar-refractivity contribution in [2.45, 2.75) is 35.6 Å². The van der Waals surface area contributed by atoms with Crippen molar-refractivity contribution >= 4 is 27.7 Å². The molecule has 0 aromatic carbocycles. The van der Waals surface area contributed by atoms with Gasteiger partial charge in [-0.1, -0.05) is 23.3 Å². The molecule has 1 amide bonds. The smallest absolute Gasteiger partial charge is 0.404 e. The molecule has 0 unspecified atom stereocenters. The van der Waals surface area contributed by atoms with E-state index in [0.29, 0.717) is 5.25 Å². The molecule has 92 valence electrons. The normalized spacial score (nSPS) is 23.5. The minimum Gasteiger partial charge on any atom is -0.465 e. The van der Waals surface area contributed by atoms with Crippen LogP contribution >= 0.6 is 21.6 Å². The molecule has 1 aromatic rings. The van der Waals surface area contributed by atoms with Gasteiger partial charge in [0.2, 0.25) is 0 Å². The average Bonchev–Trinajstić information content (AvgIpc) is 2.74. The topological polar surface area (TPSA) is 62.2 Å². The number of nitrogens with zero attached hydrogens (tertiary/aromatic N) is 1. The van der Waals surface area contributed by atoms with E-state index in [-0.39, 0.29) is 6.04 Å². The molecule has 6 heteroatoms. The Morgan fingerprint density at radius 3 is 3.06 bits per heavy atom. The molecular weight excluding hydrogens is 256 g/mol. The lowest BCUT2D eigenvalue weighted by Crippen LogP contribution is -2.37. The first-order valence-corrected chi connectivity index (χ1v) is 7.71. The minimum atomic E-state index is -0.926. The summed E-state index contributed by atoms with van der Waals surface area (Å²) in [4.78, 5) is 14.9. The minimum absolute atomic E-state index is 0.0775. The zero-order valence-corrected chi connectivity index (χ0v) is 10.8. The van der Waals surface area contributed by atoms with Gasteiger partial charge in [0.05, 0.1) is 0 Å². The molecule has 1 aromatic heterocycles. The maximum absolute atomic E-state index is 10.6. The number of aromatic nitrogens is 1. The molecule has 1 heterocycles. The third-order valence-corrected chi connectivity index (χ3v) is 5.52. The van der Waals surface area contributed by atoms with E-state index in [1.807, 2.05) is 18.2 Å². The molecule has 4 nitrogen and oxygen atoms in total. The summed E-state index contributed by atoms with van der Waals surface area (Å²) in [5, 5.41) is 12.6. The average molecular weight is 270 g/mol. The highest BCUT2D eigenvalue weighted by molar-refractivity contribution is 8.76. The zero-order valence-electron chi connectivity index (χ0n) is 9.20. The molecule has 17 heavy (non-hydrogen) atoms. The molecular formula is C11H14N2O2S2. The van der Waals surface area contributed by atoms with Crippen LogP contribution in [-0.2, 0) is 0 Å². The molecule has 2 atom stereocenters. The van der Waals surface area contributed by atoms with E-state index in [1.54, 1.807) is 27.8 Å². The van der Waals surface area contributed by atoms with E-state index in [4.69, 9.17) is 5.11 Å². The Balaban J connectivity index is 1.84. The van der Waals surface area contributed by atoms with Crippen molar-refractivity contribution in [1.82, 2.24) is 10.3 Å². The van der Waals surface area contributed by atoms with Gasteiger partial charge in [-0.3, -0.25) is 0 Å². The summed E-state index contributed by atoms with van der Waals surface area (Å²) < 4.78 is 0. The SMILES string of the molecule is O=C(O)N[C@H]1CCC[C@@H]1SSc1ccccn1. The Hall–Kier alpha value is -0.880. The number of hydrogen-bond donors (Lipinski definition) is 2. The quantitative estimate of drug-likeness (QED) is 0.823. The monoisotopic (exact) mass is 270 g/mol. The van der Waals surface area contributed by atoms with Gasteiger partial charge in [0.1, 0.15) is 5.03 Å². The molecule has 1 saturated carbocycles. The van der Waals surface area contributed by atoms with Crippen molar-refractivity contribution in [1.29, 1.82) is 0 Å². The summed E-state index contributed by atoms with van der Waals surface area (Å²) >= 11 is 0. The van der Waals surface area contributed by atoms with Crippen LogP contribution in [-0.4, -0.2) is 27.5 Å². The fraction of sp³-hybridized carbons (Fsp3) is 0.455. The largest absolute Gasteiger partial charge is 0.465 e. The second-order valence-corrected chi connectivity index (χ2v) is 6.33. The van der Waals surface area contributed by atoms with Gasteiger partial charge >= 0.3 is 6.09 Å². The lowest BCUT2D eigenvalue weighted by atomic mass is 10.2. The van der Waals surface area contributed by atoms with Crippen LogP contribution in [0.1, 0.15) is 19.3 Å². The molecule has 1 aliphatic carbocycles. The number of hydrogen-bond acceptors (Lipinski definition) is 4. The van der Waals surface area contributed by atoms with Gasteiger partial charge in [0.25, 0.3) is 0 Å². The Bertz CT molecular complexity index is 375. The Kier molecular flexibility index (Phi) is 4.56. The van der Waals surface area contributed by atoms with Gasteiger partial charge in [-0.15, -0.1) is 0 Å². The second-order valence-electron chi connectivity index (χ2n) is 3.87. The standard InChI is InChI=1S/C11H14N2O2S2/c14-11(15)13-8-4-3-5-9(8)16-17-10-6-1-2-7-12-10/h1-2,6-9,13H,3-5H2,(H,14,15)/t8-,9-/m0/s1. The van der Waals surface area contributed by atoms with Gasteiger partial charge < -0.3 is 10.4 Å². The number of carboxylic acid groups (broad SMARTS) is 1. The van der Waals surface area contributed by atoms with Crippen LogP contribution in [0.5, 0.6) is 0 Å². The van der Waals surface area contributed by atoms with Crippen molar-refractivity contribution in [3.8, 4) is 0 Å². The Labute approximate surface area is 108 Å². The third kappa shape index (κ3) is 3.81. The number of carbonyl (C=O) groups is 1. The lowest BCUT2D eigenvalue weighted by molar-refractivity contribution is 0.190. The van der Waals surface area contributed by atoms with Gasteiger partial charge in [-0.2, -0.15) is 0 Å². The molecule has 0 saturated heterocycles. The van der Waals surface area contributed by atoms with Crippen LogP contribution in [0.2, 0.25) is 0 Å². The van der Waals surface area contributed by atoms with Crippen molar-refractivity contribution in [2.75, 3.05) is 0 Å². The number of nitrogens with one attached hydrogen (secondary N) is 1. The summed E-state index contributed by atoms with van der Waals surface area (Å²) in [7, 11) is 3.34. The van der Waals surface area contributed by atoms with Gasteiger partial charge in [-0.05, 0) is 35.8 Å². The van der Waals surface area contributed by atoms with E-state index in [2.05, 4.69) is 10.3 Å². The van der Waals surface area contributed by atoms with Crippen LogP contribution in [0.4, 0.5) is 4.79 Å². The maximum Gasteiger partial charge on any atom is 0.404 e. The molecule has 1 aliphatic rings. The van der Waals surface area contributed by atoms with Crippen LogP contribution in [0, 0.1) is 0 Å². The van der Waals surface area contributed by atoms with Crippen molar-refractivity contribution in [3.63, 3.8) is 0 Å². The lowest BCUT2D eigenvalue weighted by Gasteiger charge is -2.17. The fourth-order valence-corrected chi connectivity index (χ4v) is 4.59. The van der Waals surface area contributed by atoms with Crippen LogP contribution in [0.15, 0.2) is 29.4 Å². The van der Waals surface area contributed by atoms with E-state index >= 15 is 0 Å². The second kappa shape index (κ2) is 6.16. The molecule has 0 spiro atoms. The van der Waals surface area contributed by atoms with Crippen molar-refractivity contribution < 1.29 is 9.90 Å². The summed E-state index contributed by atoms with van der Waals surface area (Å²) in [5.41, 5.74) is 0. The first kappa shape index (κ1) is 12.6. The molecule has 0 aliphatic heterocycles. The van der Waals surface area contributed by atoms with Gasteiger partial charge in [-0.25, -0.2) is 9.78 Å². The maximum atomic E-state index is 10.6. The first-order valence-electron chi connectivity index (χ1n) is 5.49. The highest BCUT2D eigenvalue weighted by Crippen LogP contribution is 2.40. The highest BCUT2D eigenvalue weighted by atomic mass is 33.1. The predicted octanol–water partition coefficient (Wildman–Crippen LogP) is 3.01. The molecule has 0 bridgehead atoms. The van der Waals surface area contributed by atoms with Crippen molar-refractivity contribution in [2.24, 2.45) is 0 Å². The molecule has 0 radical (unpaired) electrons. The summed E-state index contributed by atoms with van der Waals surface area (Å²) in [6.45, 7) is 0. The van der Waals surface area contributed by atoms with Crippen LogP contribution in [0.3, 0.4) is 0 Å². The van der Waals surface area contributed by atoms with Crippen LogP contribution in [0.25, 0.3) is 0 Å². The number of pyridine rings is 1. The van der Waals surface area contributed by atoms with Crippen LogP contribution < -0.4 is 5.32 Å². The molecule has 1 fully saturated rings. The number of rotatable bonds is 4. The van der Waals surface area contributed by atoms with Gasteiger partial charge in [0, 0.05) is 17.5 Å². The summed E-state index contributed by atoms with van der Waals surface area (Å²) in [6, 6.07) is 5.89. The van der Waals surface area contributed by atoms with Crippen molar-refractivity contribution in [3.05, 3.63) is 24.4 Å². The number of amides is 1. The van der Waals surface area contributed by atoms with E-state index < -0.39 is 6.09 Å². The zero-order chi connectivity index (χ0) is 12.1. The first-order chi connectivity index (χ1) is 8.25. The van der Waals surface area contributed by atoms with E-state index in [9.17, 15) is 4.79 Å². The fourth-order valence-electron chi connectivity index (χ4n) is 1.87. The molecule has 2 N–H and O–H groups in total. The van der Waals surface area contributed by atoms with E-state index in [0.717, 1.165) is 24.3 Å². The van der Waals surface area contributed by atoms with E-state index in [1.165, 1.54) is 0 Å². The van der Waals surface area contributed by atoms with Gasteiger partial charge in [0.15, 0.2) is 0 Å². The summed E-state index contributed by atoms with van der Waals surface area (Å²) in [5.74, 6) is 0. The predicted molar refractivity (Wildman–Crippen MR) is 70.3 cm³/mol. The molecule has 2 rings (SSSR count). The Morgan fingerprint density at radius 2 is 2.35 bits per heavy atom.